The highest BCUT2D eigenvalue weighted by Gasteiger charge is 2.12. The zero-order chi connectivity index (χ0) is 13.7. The maximum absolute atomic E-state index is 13.8. The van der Waals surface area contributed by atoms with Gasteiger partial charge in [-0.1, -0.05) is 12.1 Å². The molecule has 0 radical (unpaired) electrons. The Balaban J connectivity index is 2.76. The molecule has 3 nitrogen and oxygen atoms in total. The summed E-state index contributed by atoms with van der Waals surface area (Å²) < 4.78 is 13.8. The predicted molar refractivity (Wildman–Crippen MR) is 76.7 cm³/mol. The number of nitrogens with two attached hydrogens (primary N) is 1. The number of nitrogens with one attached hydrogen (secondary N) is 1. The van der Waals surface area contributed by atoms with Crippen molar-refractivity contribution < 1.29 is 4.39 Å². The Hall–Kier alpha value is -1.07. The molecule has 0 bridgehead atoms. The van der Waals surface area contributed by atoms with Crippen LogP contribution in [0.25, 0.3) is 0 Å². The van der Waals surface area contributed by atoms with Crippen LogP contribution < -0.4 is 5.73 Å². The van der Waals surface area contributed by atoms with Crippen LogP contribution in [-0.4, -0.2) is 35.8 Å². The van der Waals surface area contributed by atoms with Gasteiger partial charge in [0, 0.05) is 29.5 Å². The second kappa shape index (κ2) is 6.75. The van der Waals surface area contributed by atoms with Gasteiger partial charge in [-0.15, -0.1) is 0 Å². The minimum Gasteiger partial charge on any atom is -0.384 e. The number of nitrogens with zero attached hydrogens (tertiary/aromatic N) is 1. The Bertz CT molecular complexity index is 423. The van der Waals surface area contributed by atoms with Gasteiger partial charge in [-0.25, -0.2) is 4.39 Å². The van der Waals surface area contributed by atoms with Crippen LogP contribution in [0.3, 0.4) is 0 Å². The van der Waals surface area contributed by atoms with Gasteiger partial charge in [0.15, 0.2) is 0 Å². The van der Waals surface area contributed by atoms with E-state index >= 15 is 0 Å². The number of nitrogen functional groups attached to an aromatic ring is 1. The van der Waals surface area contributed by atoms with Gasteiger partial charge in [-0.3, -0.25) is 10.3 Å². The van der Waals surface area contributed by atoms with Gasteiger partial charge >= 0.3 is 0 Å². The molecule has 1 aromatic carbocycles. The Labute approximate surface area is 112 Å². The largest absolute Gasteiger partial charge is 0.384 e. The van der Waals surface area contributed by atoms with Gasteiger partial charge in [0.25, 0.3) is 0 Å². The van der Waals surface area contributed by atoms with E-state index < -0.39 is 0 Å². The smallest absolute Gasteiger partial charge is 0.128 e. The lowest BCUT2D eigenvalue weighted by Crippen LogP contribution is -2.30. The predicted octanol–water partition coefficient (Wildman–Crippen LogP) is 2.29. The van der Waals surface area contributed by atoms with E-state index in [9.17, 15) is 4.39 Å². The third-order valence-electron chi connectivity index (χ3n) is 2.94. The molecule has 0 saturated carbocycles. The number of hydrogen-bond donors (Lipinski definition) is 2. The summed E-state index contributed by atoms with van der Waals surface area (Å²) in [5.41, 5.74) is 6.39. The highest BCUT2D eigenvalue weighted by atomic mass is 32.2. The molecule has 100 valence electrons. The number of rotatable bonds is 6. The molecule has 0 heterocycles. The van der Waals surface area contributed by atoms with Crippen LogP contribution in [0.4, 0.5) is 4.39 Å². The SMILES string of the molecule is CSCC(C)N(C)Cc1ccc(C(=N)N)cc1F. The molecule has 0 spiro atoms. The molecule has 3 N–H and O–H groups in total. The molecular formula is C13H20FN3S. The number of benzene rings is 1. The molecule has 0 aliphatic carbocycles. The molecule has 1 atom stereocenters. The molecule has 0 aromatic heterocycles. The van der Waals surface area contributed by atoms with E-state index in [1.807, 2.05) is 7.05 Å². The van der Waals surface area contributed by atoms with Gasteiger partial charge < -0.3 is 5.73 Å². The van der Waals surface area contributed by atoms with Crippen molar-refractivity contribution in [3.05, 3.63) is 35.1 Å². The molecule has 1 unspecified atom stereocenters. The lowest BCUT2D eigenvalue weighted by atomic mass is 10.1. The highest BCUT2D eigenvalue weighted by molar-refractivity contribution is 7.98. The molecule has 18 heavy (non-hydrogen) atoms. The Morgan fingerprint density at radius 1 is 1.56 bits per heavy atom. The Morgan fingerprint density at radius 2 is 2.22 bits per heavy atom. The van der Waals surface area contributed by atoms with Gasteiger partial charge in [-0.2, -0.15) is 11.8 Å². The molecule has 0 aliphatic rings. The summed E-state index contributed by atoms with van der Waals surface area (Å²) in [6, 6.07) is 5.11. The first-order valence-corrected chi connectivity index (χ1v) is 7.17. The second-order valence-electron chi connectivity index (χ2n) is 4.44. The molecule has 5 heteroatoms. The Morgan fingerprint density at radius 3 is 2.72 bits per heavy atom. The van der Waals surface area contributed by atoms with E-state index in [-0.39, 0.29) is 11.7 Å². The lowest BCUT2D eigenvalue weighted by Gasteiger charge is -2.24. The standard InChI is InChI=1S/C13H20FN3S/c1-9(8-18-3)17(2)7-11-5-4-10(13(15)16)6-12(11)14/h4-6,9H,7-8H2,1-3H3,(H3,15,16). The summed E-state index contributed by atoms with van der Waals surface area (Å²) in [4.78, 5) is 2.11. The highest BCUT2D eigenvalue weighted by Crippen LogP contribution is 2.14. The van der Waals surface area contributed by atoms with Crippen molar-refractivity contribution in [1.82, 2.24) is 4.90 Å². The fourth-order valence-electron chi connectivity index (χ4n) is 1.64. The van der Waals surface area contributed by atoms with E-state index in [0.29, 0.717) is 23.7 Å². The molecular weight excluding hydrogens is 249 g/mol. The normalized spacial score (nSPS) is 12.7. The molecule has 0 amide bonds. The van der Waals surface area contributed by atoms with Crippen molar-refractivity contribution in [2.75, 3.05) is 19.1 Å². The van der Waals surface area contributed by atoms with E-state index in [0.717, 1.165) is 5.75 Å². The van der Waals surface area contributed by atoms with Gasteiger partial charge in [0.2, 0.25) is 0 Å². The van der Waals surface area contributed by atoms with Crippen molar-refractivity contribution in [3.8, 4) is 0 Å². The average molecular weight is 269 g/mol. The maximum atomic E-state index is 13.8. The van der Waals surface area contributed by atoms with Crippen molar-refractivity contribution in [2.24, 2.45) is 5.73 Å². The summed E-state index contributed by atoms with van der Waals surface area (Å²) in [6.45, 7) is 2.68. The molecule has 1 aromatic rings. The van der Waals surface area contributed by atoms with Crippen LogP contribution >= 0.6 is 11.8 Å². The van der Waals surface area contributed by atoms with Crippen LogP contribution in [0, 0.1) is 11.2 Å². The van der Waals surface area contributed by atoms with Crippen molar-refractivity contribution in [1.29, 1.82) is 5.41 Å². The topological polar surface area (TPSA) is 53.1 Å². The third-order valence-corrected chi connectivity index (χ3v) is 3.76. The summed E-state index contributed by atoms with van der Waals surface area (Å²) in [6.07, 6.45) is 2.06. The second-order valence-corrected chi connectivity index (χ2v) is 5.35. The quantitative estimate of drug-likeness (QED) is 0.615. The van der Waals surface area contributed by atoms with Gasteiger partial charge in [0.05, 0.1) is 0 Å². The van der Waals surface area contributed by atoms with Crippen LogP contribution in [-0.2, 0) is 6.54 Å². The van der Waals surface area contributed by atoms with Crippen LogP contribution in [0.15, 0.2) is 18.2 Å². The van der Waals surface area contributed by atoms with Gasteiger partial charge in [-0.05, 0) is 26.3 Å². The van der Waals surface area contributed by atoms with Crippen molar-refractivity contribution in [3.63, 3.8) is 0 Å². The lowest BCUT2D eigenvalue weighted by molar-refractivity contribution is 0.266. The molecule has 0 saturated heterocycles. The van der Waals surface area contributed by atoms with Crippen molar-refractivity contribution >= 4 is 17.6 Å². The zero-order valence-electron chi connectivity index (χ0n) is 11.0. The first kappa shape index (κ1) is 15.0. The van der Waals surface area contributed by atoms with E-state index in [1.54, 1.807) is 23.9 Å². The minimum atomic E-state index is -0.300. The number of halogens is 1. The number of amidine groups is 1. The van der Waals surface area contributed by atoms with Crippen LogP contribution in [0.1, 0.15) is 18.1 Å². The van der Waals surface area contributed by atoms with E-state index in [4.69, 9.17) is 11.1 Å². The number of thioether (sulfide) groups is 1. The summed E-state index contributed by atoms with van der Waals surface area (Å²) >= 11 is 1.78. The summed E-state index contributed by atoms with van der Waals surface area (Å²) in [5.74, 6) is 0.611. The van der Waals surface area contributed by atoms with E-state index in [2.05, 4.69) is 18.1 Å². The molecule has 1 rings (SSSR count). The average Bonchev–Trinajstić information content (AvgIpc) is 2.31. The fourth-order valence-corrected chi connectivity index (χ4v) is 2.37. The first-order chi connectivity index (χ1) is 8.45. The third kappa shape index (κ3) is 3.99. The Kier molecular flexibility index (Phi) is 5.62. The molecule has 0 aliphatic heterocycles. The zero-order valence-corrected chi connectivity index (χ0v) is 11.9. The monoisotopic (exact) mass is 269 g/mol. The fraction of sp³-hybridized carbons (Fsp3) is 0.462. The summed E-state index contributed by atoms with van der Waals surface area (Å²) in [5, 5.41) is 7.27. The maximum Gasteiger partial charge on any atom is 0.128 e. The minimum absolute atomic E-state index is 0.107. The first-order valence-electron chi connectivity index (χ1n) is 5.77. The summed E-state index contributed by atoms with van der Waals surface area (Å²) in [7, 11) is 1.99. The molecule has 0 fully saturated rings. The number of hydrogen-bond acceptors (Lipinski definition) is 3. The van der Waals surface area contributed by atoms with Crippen LogP contribution in [0.5, 0.6) is 0 Å². The van der Waals surface area contributed by atoms with E-state index in [1.165, 1.54) is 6.07 Å². The van der Waals surface area contributed by atoms with Gasteiger partial charge in [0.1, 0.15) is 11.7 Å². The van der Waals surface area contributed by atoms with Crippen LogP contribution in [0.2, 0.25) is 0 Å². The van der Waals surface area contributed by atoms with Crippen molar-refractivity contribution in [2.45, 2.75) is 19.5 Å².